The molecule has 1 fully saturated rings. The van der Waals surface area contributed by atoms with Gasteiger partial charge in [0.15, 0.2) is 0 Å². The zero-order valence-corrected chi connectivity index (χ0v) is 5.15. The van der Waals surface area contributed by atoms with Crippen LogP contribution in [0.5, 0.6) is 0 Å². The minimum atomic E-state index is -2.17. The smallest absolute Gasteiger partial charge is 0.364 e. The molecule has 2 atom stereocenters. The van der Waals surface area contributed by atoms with E-state index in [4.69, 9.17) is 15.3 Å². The molecule has 0 amide bonds. The number of aliphatic hydroxyl groups is 2. The van der Waals surface area contributed by atoms with E-state index in [9.17, 15) is 4.79 Å². The van der Waals surface area contributed by atoms with Gasteiger partial charge in [0.2, 0.25) is 0 Å². The van der Waals surface area contributed by atoms with Crippen molar-refractivity contribution in [2.24, 2.45) is 0 Å². The molecule has 1 aliphatic rings. The maximum atomic E-state index is 10.2. The monoisotopic (exact) mass is 148 g/mol. The zero-order valence-electron chi connectivity index (χ0n) is 5.15. The van der Waals surface area contributed by atoms with Gasteiger partial charge in [-0.2, -0.15) is 0 Å². The van der Waals surface area contributed by atoms with E-state index < -0.39 is 17.9 Å². The van der Waals surface area contributed by atoms with Gasteiger partial charge in [0.1, 0.15) is 0 Å². The molecule has 0 bridgehead atoms. The molecule has 58 valence electrons. The number of rotatable bonds is 1. The Morgan fingerprint density at radius 3 is 2.50 bits per heavy atom. The maximum Gasteiger partial charge on any atom is 0.364 e. The average molecular weight is 148 g/mol. The van der Waals surface area contributed by atoms with Crippen molar-refractivity contribution in [3.05, 3.63) is 0 Å². The summed E-state index contributed by atoms with van der Waals surface area (Å²) in [5, 5.41) is 26.0. The Bertz CT molecular complexity index is 156. The molecule has 0 radical (unpaired) electrons. The molecule has 5 nitrogen and oxygen atoms in total. The summed E-state index contributed by atoms with van der Waals surface area (Å²) in [4.78, 5) is 10.2. The Labute approximate surface area is 56.9 Å². The number of ether oxygens (including phenoxy) is 1. The molecule has 0 aliphatic carbocycles. The normalized spacial score (nSPS) is 40.0. The summed E-state index contributed by atoms with van der Waals surface area (Å²) in [7, 11) is 0. The molecule has 0 aromatic rings. The van der Waals surface area contributed by atoms with Crippen molar-refractivity contribution < 1.29 is 24.9 Å². The van der Waals surface area contributed by atoms with E-state index in [0.29, 0.717) is 0 Å². The quantitative estimate of drug-likeness (QED) is 0.423. The lowest BCUT2D eigenvalue weighted by Gasteiger charge is -2.13. The molecular weight excluding hydrogens is 140 g/mol. The summed E-state index contributed by atoms with van der Waals surface area (Å²) < 4.78 is 4.42. The predicted molar refractivity (Wildman–Crippen MR) is 29.2 cm³/mol. The lowest BCUT2D eigenvalue weighted by atomic mass is 10.2. The Morgan fingerprint density at radius 1 is 1.70 bits per heavy atom. The predicted octanol–water partition coefficient (Wildman–Crippen LogP) is -1.46. The number of aliphatic carboxylic acids is 1. The topological polar surface area (TPSA) is 87.0 Å². The molecule has 0 aromatic heterocycles. The highest BCUT2D eigenvalue weighted by molar-refractivity contribution is 5.75. The molecule has 1 aliphatic heterocycles. The zero-order chi connectivity index (χ0) is 7.78. The molecule has 5 heteroatoms. The molecule has 1 heterocycles. The second-order valence-corrected chi connectivity index (χ2v) is 2.26. The van der Waals surface area contributed by atoms with Crippen LogP contribution in [-0.2, 0) is 9.53 Å². The first kappa shape index (κ1) is 7.46. The lowest BCUT2D eigenvalue weighted by Crippen LogP contribution is -2.37. The Morgan fingerprint density at radius 2 is 2.30 bits per heavy atom. The van der Waals surface area contributed by atoms with Crippen LogP contribution in [0.1, 0.15) is 6.42 Å². The number of carbonyl (C=O) groups is 1. The van der Waals surface area contributed by atoms with Crippen molar-refractivity contribution in [3.8, 4) is 0 Å². The van der Waals surface area contributed by atoms with Crippen LogP contribution < -0.4 is 0 Å². The highest BCUT2D eigenvalue weighted by atomic mass is 16.7. The third kappa shape index (κ3) is 1.11. The van der Waals surface area contributed by atoms with Crippen molar-refractivity contribution >= 4 is 5.97 Å². The average Bonchev–Trinajstić information content (AvgIpc) is 2.13. The van der Waals surface area contributed by atoms with Gasteiger partial charge in [0.25, 0.3) is 5.79 Å². The fraction of sp³-hybridized carbons (Fsp3) is 0.800. The second kappa shape index (κ2) is 2.19. The molecule has 1 rings (SSSR count). The molecule has 0 spiro atoms. The number of aliphatic hydroxyl groups excluding tert-OH is 1. The van der Waals surface area contributed by atoms with E-state index in [1.165, 1.54) is 0 Å². The first-order valence-electron chi connectivity index (χ1n) is 2.82. The fourth-order valence-corrected chi connectivity index (χ4v) is 0.820. The standard InChI is InChI=1S/C5H8O5/c6-3-1-5(9,4(7)8)10-2-3/h3,6,9H,1-2H2,(H,7,8)/t3-,5-/m0/s1. The highest BCUT2D eigenvalue weighted by Gasteiger charge is 2.45. The summed E-state index contributed by atoms with van der Waals surface area (Å²) in [5.74, 6) is -3.62. The van der Waals surface area contributed by atoms with Gasteiger partial charge in [-0.3, -0.25) is 0 Å². The molecule has 0 aromatic carbocycles. The number of carboxylic acid groups (broad SMARTS) is 1. The second-order valence-electron chi connectivity index (χ2n) is 2.26. The van der Waals surface area contributed by atoms with Gasteiger partial charge in [-0.25, -0.2) is 4.79 Å². The van der Waals surface area contributed by atoms with Gasteiger partial charge in [-0.15, -0.1) is 0 Å². The van der Waals surface area contributed by atoms with E-state index in [2.05, 4.69) is 4.74 Å². The molecule has 0 saturated carbocycles. The van der Waals surface area contributed by atoms with E-state index in [-0.39, 0.29) is 13.0 Å². The van der Waals surface area contributed by atoms with Crippen LogP contribution >= 0.6 is 0 Å². The number of hydrogen-bond acceptors (Lipinski definition) is 4. The van der Waals surface area contributed by atoms with Crippen LogP contribution in [0.15, 0.2) is 0 Å². The summed E-state index contributed by atoms with van der Waals surface area (Å²) in [6, 6.07) is 0. The van der Waals surface area contributed by atoms with Crippen molar-refractivity contribution in [2.45, 2.75) is 18.3 Å². The van der Waals surface area contributed by atoms with E-state index >= 15 is 0 Å². The Balaban J connectivity index is 2.63. The van der Waals surface area contributed by atoms with Crippen LogP contribution in [0.3, 0.4) is 0 Å². The largest absolute Gasteiger partial charge is 0.477 e. The van der Waals surface area contributed by atoms with Crippen LogP contribution in [0.2, 0.25) is 0 Å². The van der Waals surface area contributed by atoms with Crippen molar-refractivity contribution in [2.75, 3.05) is 6.61 Å². The summed E-state index contributed by atoms with van der Waals surface area (Å²) in [5.41, 5.74) is 0. The maximum absolute atomic E-state index is 10.2. The lowest BCUT2D eigenvalue weighted by molar-refractivity contribution is -0.206. The molecule has 10 heavy (non-hydrogen) atoms. The summed E-state index contributed by atoms with van der Waals surface area (Å²) in [6.07, 6.45) is -1.14. The van der Waals surface area contributed by atoms with E-state index in [0.717, 1.165) is 0 Å². The van der Waals surface area contributed by atoms with E-state index in [1.807, 2.05) is 0 Å². The summed E-state index contributed by atoms with van der Waals surface area (Å²) >= 11 is 0. The van der Waals surface area contributed by atoms with Gasteiger partial charge < -0.3 is 20.1 Å². The molecule has 3 N–H and O–H groups in total. The minimum Gasteiger partial charge on any atom is -0.477 e. The van der Waals surface area contributed by atoms with Crippen molar-refractivity contribution in [3.63, 3.8) is 0 Å². The summed E-state index contributed by atoms with van der Waals surface area (Å²) in [6.45, 7) is -0.122. The third-order valence-corrected chi connectivity index (χ3v) is 1.36. The van der Waals surface area contributed by atoms with Gasteiger partial charge in [-0.1, -0.05) is 0 Å². The minimum absolute atomic E-state index is 0.122. The van der Waals surface area contributed by atoms with Crippen LogP contribution in [0, 0.1) is 0 Å². The van der Waals surface area contributed by atoms with Gasteiger partial charge in [0, 0.05) is 6.42 Å². The van der Waals surface area contributed by atoms with Gasteiger partial charge in [0.05, 0.1) is 12.7 Å². The van der Waals surface area contributed by atoms with Crippen LogP contribution in [0.25, 0.3) is 0 Å². The number of hydrogen-bond donors (Lipinski definition) is 3. The van der Waals surface area contributed by atoms with Gasteiger partial charge >= 0.3 is 5.97 Å². The van der Waals surface area contributed by atoms with Crippen molar-refractivity contribution in [1.29, 1.82) is 0 Å². The Hall–Kier alpha value is -0.650. The van der Waals surface area contributed by atoms with Crippen molar-refractivity contribution in [1.82, 2.24) is 0 Å². The number of carboxylic acids is 1. The highest BCUT2D eigenvalue weighted by Crippen LogP contribution is 2.22. The van der Waals surface area contributed by atoms with Crippen LogP contribution in [-0.4, -0.2) is 39.8 Å². The fourth-order valence-electron chi connectivity index (χ4n) is 0.820. The van der Waals surface area contributed by atoms with E-state index in [1.54, 1.807) is 0 Å². The molecular formula is C5H8O5. The molecule has 1 saturated heterocycles. The first-order valence-corrected chi connectivity index (χ1v) is 2.82. The SMILES string of the molecule is O=C(O)[C@]1(O)C[C@H](O)CO1. The first-order chi connectivity index (χ1) is 4.54. The Kier molecular flexibility index (Phi) is 1.63. The van der Waals surface area contributed by atoms with Gasteiger partial charge in [-0.05, 0) is 0 Å². The third-order valence-electron chi connectivity index (χ3n) is 1.36. The van der Waals surface area contributed by atoms with Crippen LogP contribution in [0.4, 0.5) is 0 Å². The molecule has 0 unspecified atom stereocenters.